The lowest BCUT2D eigenvalue weighted by Crippen LogP contribution is -2.07. The van der Waals surface area contributed by atoms with Gasteiger partial charge in [-0.15, -0.1) is 10.2 Å². The molecule has 158 valence electrons. The van der Waals surface area contributed by atoms with E-state index in [0.717, 1.165) is 30.0 Å². The normalized spacial score (nSPS) is 11.6. The van der Waals surface area contributed by atoms with Crippen LogP contribution in [0.2, 0.25) is 0 Å². The van der Waals surface area contributed by atoms with E-state index in [-0.39, 0.29) is 22.2 Å². The Labute approximate surface area is 177 Å². The molecule has 0 atom stereocenters. The van der Waals surface area contributed by atoms with Gasteiger partial charge < -0.3 is 0 Å². The van der Waals surface area contributed by atoms with Gasteiger partial charge in [0.25, 0.3) is 0 Å². The summed E-state index contributed by atoms with van der Waals surface area (Å²) in [6.07, 6.45) is -1.48. The predicted octanol–water partition coefficient (Wildman–Crippen LogP) is 5.92. The number of halogens is 5. The number of thioether (sulfide) groups is 1. The fourth-order valence-electron chi connectivity index (χ4n) is 2.91. The minimum Gasteiger partial charge on any atom is -0.270 e. The van der Waals surface area contributed by atoms with Crippen LogP contribution in [0.3, 0.4) is 0 Å². The Morgan fingerprint density at radius 3 is 2.39 bits per heavy atom. The van der Waals surface area contributed by atoms with Crippen molar-refractivity contribution in [3.05, 3.63) is 89.8 Å². The quantitative estimate of drug-likeness (QED) is 0.281. The monoisotopic (exact) mass is 448 g/mol. The third kappa shape index (κ3) is 4.43. The van der Waals surface area contributed by atoms with Gasteiger partial charge in [-0.1, -0.05) is 30.0 Å². The van der Waals surface area contributed by atoms with Crippen molar-refractivity contribution < 1.29 is 22.0 Å². The van der Waals surface area contributed by atoms with Crippen molar-refractivity contribution in [1.82, 2.24) is 19.7 Å². The summed E-state index contributed by atoms with van der Waals surface area (Å²) < 4.78 is 68.7. The molecule has 4 nitrogen and oxygen atoms in total. The molecule has 2 aromatic carbocycles. The summed E-state index contributed by atoms with van der Waals surface area (Å²) in [6, 6.07) is 11.9. The zero-order chi connectivity index (χ0) is 22.0. The number of pyridine rings is 1. The van der Waals surface area contributed by atoms with Gasteiger partial charge in [-0.2, -0.15) is 13.2 Å². The second kappa shape index (κ2) is 8.46. The number of nitrogens with zero attached hydrogens (tertiary/aromatic N) is 4. The van der Waals surface area contributed by atoms with Gasteiger partial charge in [-0.05, 0) is 36.4 Å². The predicted molar refractivity (Wildman–Crippen MR) is 106 cm³/mol. The zero-order valence-corrected chi connectivity index (χ0v) is 16.5. The van der Waals surface area contributed by atoms with Gasteiger partial charge >= 0.3 is 6.18 Å². The van der Waals surface area contributed by atoms with E-state index in [2.05, 4.69) is 15.2 Å². The van der Waals surface area contributed by atoms with E-state index in [4.69, 9.17) is 0 Å². The van der Waals surface area contributed by atoms with E-state index in [1.807, 2.05) is 0 Å². The number of hydrogen-bond acceptors (Lipinski definition) is 4. The second-order valence-corrected chi connectivity index (χ2v) is 7.37. The first kappa shape index (κ1) is 21.0. The van der Waals surface area contributed by atoms with Crippen molar-refractivity contribution >= 4 is 11.8 Å². The summed E-state index contributed by atoms with van der Waals surface area (Å²) in [6.45, 7) is 0. The molecular formula is C21H13F5N4S. The van der Waals surface area contributed by atoms with Gasteiger partial charge in [0, 0.05) is 29.3 Å². The number of aromatic nitrogens is 4. The lowest BCUT2D eigenvalue weighted by atomic mass is 10.2. The van der Waals surface area contributed by atoms with Gasteiger partial charge in [0.05, 0.1) is 11.3 Å². The summed E-state index contributed by atoms with van der Waals surface area (Å²) >= 11 is 1.03. The van der Waals surface area contributed by atoms with Gasteiger partial charge in [0.15, 0.2) is 22.6 Å². The van der Waals surface area contributed by atoms with Crippen molar-refractivity contribution in [2.45, 2.75) is 17.1 Å². The molecule has 0 aliphatic carbocycles. The Bertz CT molecular complexity index is 1210. The molecule has 10 heteroatoms. The van der Waals surface area contributed by atoms with Crippen LogP contribution in [0, 0.1) is 11.6 Å². The lowest BCUT2D eigenvalue weighted by Gasteiger charge is -2.13. The average molecular weight is 448 g/mol. The highest BCUT2D eigenvalue weighted by Crippen LogP contribution is 2.34. The first-order valence-corrected chi connectivity index (χ1v) is 9.92. The highest BCUT2D eigenvalue weighted by Gasteiger charge is 2.31. The van der Waals surface area contributed by atoms with Crippen LogP contribution in [-0.4, -0.2) is 19.7 Å². The van der Waals surface area contributed by atoms with E-state index in [1.54, 1.807) is 12.1 Å². The molecule has 4 aromatic rings. The molecule has 0 unspecified atom stereocenters. The Balaban J connectivity index is 1.78. The summed E-state index contributed by atoms with van der Waals surface area (Å²) in [5, 5.41) is 8.44. The highest BCUT2D eigenvalue weighted by molar-refractivity contribution is 7.98. The molecule has 31 heavy (non-hydrogen) atoms. The average Bonchev–Trinajstić information content (AvgIpc) is 3.19. The Kier molecular flexibility index (Phi) is 5.73. The Hall–Kier alpha value is -3.27. The molecule has 4 rings (SSSR count). The summed E-state index contributed by atoms with van der Waals surface area (Å²) in [5.74, 6) is -1.65. The van der Waals surface area contributed by atoms with E-state index < -0.39 is 23.4 Å². The van der Waals surface area contributed by atoms with Crippen LogP contribution >= 0.6 is 11.8 Å². The lowest BCUT2D eigenvalue weighted by molar-refractivity contribution is -0.137. The molecule has 0 bridgehead atoms. The molecule has 0 amide bonds. The second-order valence-electron chi connectivity index (χ2n) is 6.43. The molecule has 0 aliphatic heterocycles. The van der Waals surface area contributed by atoms with E-state index in [1.165, 1.54) is 41.2 Å². The van der Waals surface area contributed by atoms with Crippen LogP contribution in [0.1, 0.15) is 11.1 Å². The summed E-state index contributed by atoms with van der Waals surface area (Å²) in [5.41, 5.74) is 0.0538. The van der Waals surface area contributed by atoms with Gasteiger partial charge in [-0.3, -0.25) is 9.55 Å². The van der Waals surface area contributed by atoms with Crippen molar-refractivity contribution in [1.29, 1.82) is 0 Å². The first-order valence-electron chi connectivity index (χ1n) is 8.94. The van der Waals surface area contributed by atoms with E-state index >= 15 is 0 Å². The van der Waals surface area contributed by atoms with Crippen LogP contribution in [0.15, 0.2) is 72.1 Å². The van der Waals surface area contributed by atoms with Crippen molar-refractivity contribution in [2.75, 3.05) is 0 Å². The molecule has 0 saturated carbocycles. The van der Waals surface area contributed by atoms with Crippen LogP contribution in [0.25, 0.3) is 17.1 Å². The first-order chi connectivity index (χ1) is 14.8. The number of benzene rings is 2. The van der Waals surface area contributed by atoms with Crippen molar-refractivity contribution in [3.8, 4) is 17.1 Å². The van der Waals surface area contributed by atoms with Crippen molar-refractivity contribution in [2.24, 2.45) is 0 Å². The van der Waals surface area contributed by atoms with Crippen LogP contribution in [0.5, 0.6) is 0 Å². The third-order valence-electron chi connectivity index (χ3n) is 4.39. The fourth-order valence-corrected chi connectivity index (χ4v) is 3.83. The topological polar surface area (TPSA) is 43.6 Å². The van der Waals surface area contributed by atoms with Crippen LogP contribution < -0.4 is 0 Å². The summed E-state index contributed by atoms with van der Waals surface area (Å²) in [4.78, 5) is 3.93. The minimum absolute atomic E-state index is 0.0109. The third-order valence-corrected chi connectivity index (χ3v) is 5.37. The maximum atomic E-state index is 14.0. The molecule has 0 fully saturated rings. The fraction of sp³-hybridized carbons (Fsp3) is 0.0952. The number of alkyl halides is 3. The van der Waals surface area contributed by atoms with E-state index in [0.29, 0.717) is 11.4 Å². The molecule has 2 heterocycles. The van der Waals surface area contributed by atoms with Gasteiger partial charge in [0.2, 0.25) is 0 Å². The Morgan fingerprint density at radius 2 is 1.65 bits per heavy atom. The maximum Gasteiger partial charge on any atom is 0.416 e. The molecule has 0 aliphatic rings. The highest BCUT2D eigenvalue weighted by atomic mass is 32.2. The SMILES string of the molecule is Fc1cccc(CSc2nnc(-c3ccncc3)n2-c2cccc(C(F)(F)F)c2)c1F. The molecule has 0 N–H and O–H groups in total. The number of rotatable bonds is 5. The minimum atomic E-state index is -4.53. The molecule has 0 spiro atoms. The maximum absolute atomic E-state index is 14.0. The standard InChI is InChI=1S/C21H13F5N4S/c22-17-6-1-3-14(18(17)23)12-31-20-29-28-19(13-7-9-27-10-8-13)30(20)16-5-2-4-15(11-16)21(24,25)26/h1-11H,12H2. The van der Waals surface area contributed by atoms with Gasteiger partial charge in [-0.25, -0.2) is 8.78 Å². The summed E-state index contributed by atoms with van der Waals surface area (Å²) in [7, 11) is 0. The molecule has 2 aromatic heterocycles. The van der Waals surface area contributed by atoms with Crippen LogP contribution in [0.4, 0.5) is 22.0 Å². The van der Waals surface area contributed by atoms with Crippen LogP contribution in [-0.2, 0) is 11.9 Å². The largest absolute Gasteiger partial charge is 0.416 e. The number of hydrogen-bond donors (Lipinski definition) is 0. The molecular weight excluding hydrogens is 435 g/mol. The van der Waals surface area contributed by atoms with Crippen molar-refractivity contribution in [3.63, 3.8) is 0 Å². The smallest absolute Gasteiger partial charge is 0.270 e. The van der Waals surface area contributed by atoms with Gasteiger partial charge in [0.1, 0.15) is 0 Å². The van der Waals surface area contributed by atoms with E-state index in [9.17, 15) is 22.0 Å². The molecule has 0 radical (unpaired) electrons. The molecule has 0 saturated heterocycles. The zero-order valence-electron chi connectivity index (χ0n) is 15.6. The Morgan fingerprint density at radius 1 is 0.903 bits per heavy atom.